The Labute approximate surface area is 191 Å². The molecule has 0 saturated carbocycles. The van der Waals surface area contributed by atoms with Crippen molar-refractivity contribution in [2.75, 3.05) is 4.90 Å². The molecule has 31 heavy (non-hydrogen) atoms. The zero-order chi connectivity index (χ0) is 22.0. The minimum atomic E-state index is -0.539. The zero-order valence-electron chi connectivity index (χ0n) is 15.9. The van der Waals surface area contributed by atoms with Gasteiger partial charge in [-0.15, -0.1) is 0 Å². The first kappa shape index (κ1) is 21.1. The van der Waals surface area contributed by atoms with Crippen LogP contribution in [0.5, 0.6) is 5.75 Å². The van der Waals surface area contributed by atoms with Gasteiger partial charge in [0.2, 0.25) is 0 Å². The Kier molecular flexibility index (Phi) is 6.06. The van der Waals surface area contributed by atoms with Crippen molar-refractivity contribution in [3.8, 4) is 5.75 Å². The molecule has 0 aliphatic carbocycles. The fourth-order valence-corrected chi connectivity index (χ4v) is 3.66. The van der Waals surface area contributed by atoms with E-state index in [4.69, 9.17) is 16.3 Å². The molecule has 3 aromatic carbocycles. The number of ether oxygens (including phenoxy) is 1. The van der Waals surface area contributed by atoms with Crippen LogP contribution in [0.2, 0.25) is 5.02 Å². The van der Waals surface area contributed by atoms with Crippen molar-refractivity contribution in [3.63, 3.8) is 0 Å². The van der Waals surface area contributed by atoms with Crippen molar-refractivity contribution >= 4 is 51.2 Å². The molecule has 0 radical (unpaired) electrons. The Morgan fingerprint density at radius 3 is 2.52 bits per heavy atom. The third-order valence-electron chi connectivity index (χ3n) is 4.57. The van der Waals surface area contributed by atoms with Crippen LogP contribution in [0, 0.1) is 5.82 Å². The summed E-state index contributed by atoms with van der Waals surface area (Å²) in [6.45, 7) is 0.0797. The van der Waals surface area contributed by atoms with E-state index in [1.165, 1.54) is 6.07 Å². The summed E-state index contributed by atoms with van der Waals surface area (Å²) >= 11 is 9.30. The minimum absolute atomic E-state index is 0.0797. The number of hydrogen-bond donors (Lipinski definition) is 1. The Morgan fingerprint density at radius 2 is 1.81 bits per heavy atom. The molecule has 3 aromatic rings. The van der Waals surface area contributed by atoms with Gasteiger partial charge >= 0.3 is 6.03 Å². The number of carbonyl (C=O) groups excluding carboxylic acids is 2. The maximum Gasteiger partial charge on any atom is 0.333 e. The second kappa shape index (κ2) is 8.91. The van der Waals surface area contributed by atoms with E-state index < -0.39 is 11.9 Å². The first-order valence-electron chi connectivity index (χ1n) is 9.21. The Hall–Kier alpha value is -3.16. The lowest BCUT2D eigenvalue weighted by Crippen LogP contribution is -2.30. The van der Waals surface area contributed by atoms with Gasteiger partial charge in [0.05, 0.1) is 10.2 Å². The fourth-order valence-electron chi connectivity index (χ4n) is 3.02. The lowest BCUT2D eigenvalue weighted by Gasteiger charge is -2.11. The van der Waals surface area contributed by atoms with Gasteiger partial charge in [-0.3, -0.25) is 4.79 Å². The van der Waals surface area contributed by atoms with Gasteiger partial charge in [0.15, 0.2) is 0 Å². The number of hydrogen-bond acceptors (Lipinski definition) is 3. The van der Waals surface area contributed by atoms with Crippen LogP contribution in [0.1, 0.15) is 11.1 Å². The van der Waals surface area contributed by atoms with Crippen LogP contribution in [-0.2, 0) is 11.4 Å². The first-order chi connectivity index (χ1) is 14.9. The summed E-state index contributed by atoms with van der Waals surface area (Å²) in [5.41, 5.74) is 1.69. The third-order valence-corrected chi connectivity index (χ3v) is 5.44. The molecule has 0 atom stereocenters. The van der Waals surface area contributed by atoms with Crippen LogP contribution in [0.25, 0.3) is 6.08 Å². The molecule has 0 bridgehead atoms. The second-order valence-electron chi connectivity index (χ2n) is 6.68. The van der Waals surface area contributed by atoms with Crippen molar-refractivity contribution in [2.24, 2.45) is 0 Å². The summed E-state index contributed by atoms with van der Waals surface area (Å²) in [6.07, 6.45) is 1.57. The monoisotopic (exact) mass is 500 g/mol. The van der Waals surface area contributed by atoms with E-state index in [2.05, 4.69) is 21.2 Å². The van der Waals surface area contributed by atoms with Gasteiger partial charge in [-0.1, -0.05) is 35.9 Å². The van der Waals surface area contributed by atoms with Crippen LogP contribution in [0.3, 0.4) is 0 Å². The number of carbonyl (C=O) groups is 2. The summed E-state index contributed by atoms with van der Waals surface area (Å²) in [5.74, 6) is -0.279. The lowest BCUT2D eigenvalue weighted by molar-refractivity contribution is -0.113. The summed E-state index contributed by atoms with van der Waals surface area (Å²) in [5, 5.41) is 3.09. The van der Waals surface area contributed by atoms with Crippen molar-refractivity contribution in [1.29, 1.82) is 0 Å². The topological polar surface area (TPSA) is 58.6 Å². The molecule has 3 amide bonds. The van der Waals surface area contributed by atoms with Gasteiger partial charge in [-0.25, -0.2) is 14.1 Å². The van der Waals surface area contributed by atoms with Crippen LogP contribution in [0.4, 0.5) is 14.9 Å². The van der Waals surface area contributed by atoms with Gasteiger partial charge in [0.1, 0.15) is 23.9 Å². The molecule has 156 valence electrons. The van der Waals surface area contributed by atoms with Crippen molar-refractivity contribution in [1.82, 2.24) is 5.32 Å². The molecule has 1 fully saturated rings. The Bertz CT molecular complexity index is 1200. The van der Waals surface area contributed by atoms with Crippen LogP contribution < -0.4 is 15.0 Å². The minimum Gasteiger partial charge on any atom is -0.488 e. The molecule has 4 rings (SSSR count). The predicted octanol–water partition coefficient (Wildman–Crippen LogP) is 5.92. The summed E-state index contributed by atoms with van der Waals surface area (Å²) in [7, 11) is 0. The molecule has 1 aliphatic rings. The van der Waals surface area contributed by atoms with E-state index in [0.29, 0.717) is 32.1 Å². The van der Waals surface area contributed by atoms with E-state index in [1.807, 2.05) is 0 Å². The average Bonchev–Trinajstić information content (AvgIpc) is 3.02. The third kappa shape index (κ3) is 4.62. The predicted molar refractivity (Wildman–Crippen MR) is 120 cm³/mol. The van der Waals surface area contributed by atoms with Gasteiger partial charge in [0.25, 0.3) is 5.91 Å². The van der Waals surface area contributed by atoms with E-state index in [0.717, 1.165) is 4.90 Å². The largest absolute Gasteiger partial charge is 0.488 e. The summed E-state index contributed by atoms with van der Waals surface area (Å²) < 4.78 is 20.1. The number of imide groups is 1. The average molecular weight is 502 g/mol. The smallest absolute Gasteiger partial charge is 0.333 e. The normalized spacial score (nSPS) is 14.8. The van der Waals surface area contributed by atoms with Crippen molar-refractivity contribution < 1.29 is 18.7 Å². The van der Waals surface area contributed by atoms with Crippen molar-refractivity contribution in [3.05, 3.63) is 98.9 Å². The fraction of sp³-hybridized carbons (Fsp3) is 0.0435. The van der Waals surface area contributed by atoms with E-state index in [1.54, 1.807) is 66.7 Å². The number of anilines is 1. The molecule has 0 spiro atoms. The SMILES string of the molecule is O=C1N/C(=C/c2ccc(OCc3ccccc3F)c(Br)c2)C(=O)N1c1ccc(Cl)cc1. The number of halogens is 3. The highest BCUT2D eigenvalue weighted by Crippen LogP contribution is 2.29. The molecular formula is C23H15BrClFN2O3. The lowest BCUT2D eigenvalue weighted by atomic mass is 10.1. The first-order valence-corrected chi connectivity index (χ1v) is 10.4. The maximum absolute atomic E-state index is 13.8. The van der Waals surface area contributed by atoms with Crippen LogP contribution >= 0.6 is 27.5 Å². The molecule has 1 N–H and O–H groups in total. The number of benzene rings is 3. The number of nitrogens with one attached hydrogen (secondary N) is 1. The molecular weight excluding hydrogens is 487 g/mol. The standard InChI is InChI=1S/C23H15BrClFN2O3/c24-18-11-14(5-10-21(18)31-13-15-3-1-2-4-19(15)26)12-20-22(29)28(23(30)27-20)17-8-6-16(25)7-9-17/h1-12H,13H2,(H,27,30)/b20-12+. The number of rotatable bonds is 5. The Morgan fingerprint density at radius 1 is 1.06 bits per heavy atom. The van der Waals surface area contributed by atoms with Gasteiger partial charge in [-0.2, -0.15) is 0 Å². The highest BCUT2D eigenvalue weighted by atomic mass is 79.9. The van der Waals surface area contributed by atoms with E-state index in [-0.39, 0.29) is 18.1 Å². The van der Waals surface area contributed by atoms with Gasteiger partial charge < -0.3 is 10.1 Å². The van der Waals surface area contributed by atoms with Gasteiger partial charge in [0, 0.05) is 10.6 Å². The Balaban J connectivity index is 1.50. The molecule has 1 aliphatic heterocycles. The van der Waals surface area contributed by atoms with E-state index >= 15 is 0 Å². The number of amides is 3. The van der Waals surface area contributed by atoms with Crippen LogP contribution in [0.15, 0.2) is 76.9 Å². The highest BCUT2D eigenvalue weighted by molar-refractivity contribution is 9.10. The van der Waals surface area contributed by atoms with Crippen LogP contribution in [-0.4, -0.2) is 11.9 Å². The highest BCUT2D eigenvalue weighted by Gasteiger charge is 2.34. The number of urea groups is 1. The molecule has 5 nitrogen and oxygen atoms in total. The molecule has 1 heterocycles. The molecule has 0 unspecified atom stereocenters. The maximum atomic E-state index is 13.8. The van der Waals surface area contributed by atoms with Crippen molar-refractivity contribution in [2.45, 2.75) is 6.61 Å². The molecule has 1 saturated heterocycles. The molecule has 0 aromatic heterocycles. The number of nitrogens with zero attached hydrogens (tertiary/aromatic N) is 1. The second-order valence-corrected chi connectivity index (χ2v) is 7.97. The quantitative estimate of drug-likeness (QED) is 0.349. The summed E-state index contributed by atoms with van der Waals surface area (Å²) in [4.78, 5) is 26.1. The van der Waals surface area contributed by atoms with Gasteiger partial charge in [-0.05, 0) is 70.0 Å². The zero-order valence-corrected chi connectivity index (χ0v) is 18.3. The summed E-state index contributed by atoms with van der Waals surface area (Å²) in [6, 6.07) is 17.5. The molecule has 8 heteroatoms. The van der Waals surface area contributed by atoms with E-state index in [9.17, 15) is 14.0 Å².